The molecule has 0 aliphatic heterocycles. The van der Waals surface area contributed by atoms with E-state index in [0.717, 1.165) is 12.8 Å². The van der Waals surface area contributed by atoms with E-state index in [1.165, 1.54) is 4.88 Å². The van der Waals surface area contributed by atoms with Gasteiger partial charge in [0.2, 0.25) is 10.0 Å². The summed E-state index contributed by atoms with van der Waals surface area (Å²) in [5.74, 6) is 0.675. The Morgan fingerprint density at radius 1 is 1.36 bits per heavy atom. The SMILES string of the molecule is CCNC(=NCc1cccs1)NCC(C)(C)NS(C)(=O)=O.I. The van der Waals surface area contributed by atoms with Crippen molar-refractivity contribution in [3.05, 3.63) is 22.4 Å². The zero-order valence-electron chi connectivity index (χ0n) is 13.3. The number of halogens is 1. The summed E-state index contributed by atoms with van der Waals surface area (Å²) in [6, 6.07) is 4.03. The average Bonchev–Trinajstić information content (AvgIpc) is 2.83. The second-order valence-corrected chi connectivity index (χ2v) is 8.17. The van der Waals surface area contributed by atoms with E-state index in [1.54, 1.807) is 11.3 Å². The maximum atomic E-state index is 11.3. The Balaban J connectivity index is 0.00000441. The van der Waals surface area contributed by atoms with E-state index in [4.69, 9.17) is 0 Å². The minimum Gasteiger partial charge on any atom is -0.357 e. The molecule has 0 aliphatic rings. The molecule has 1 heterocycles. The molecular weight excluding hydrogens is 435 g/mol. The predicted octanol–water partition coefficient (Wildman–Crippen LogP) is 1.75. The molecule has 0 amide bonds. The van der Waals surface area contributed by atoms with Gasteiger partial charge in [0.1, 0.15) is 0 Å². The minimum atomic E-state index is -3.24. The molecule has 3 N–H and O–H groups in total. The molecule has 9 heteroatoms. The standard InChI is InChI=1S/C13H24N4O2S2.HI/c1-5-14-12(15-9-11-7-6-8-20-11)16-10-13(2,3)17-21(4,18)19;/h6-8,17H,5,9-10H2,1-4H3,(H2,14,15,16);1H. The van der Waals surface area contributed by atoms with Crippen LogP contribution in [-0.2, 0) is 16.6 Å². The molecule has 1 aromatic rings. The lowest BCUT2D eigenvalue weighted by molar-refractivity contribution is 0.446. The Hall–Kier alpha value is -0.390. The van der Waals surface area contributed by atoms with E-state index in [9.17, 15) is 8.42 Å². The number of sulfonamides is 1. The van der Waals surface area contributed by atoms with Crippen molar-refractivity contribution in [3.63, 3.8) is 0 Å². The van der Waals surface area contributed by atoms with Gasteiger partial charge in [-0.15, -0.1) is 35.3 Å². The van der Waals surface area contributed by atoms with Gasteiger partial charge in [0.05, 0.1) is 12.8 Å². The minimum absolute atomic E-state index is 0. The van der Waals surface area contributed by atoms with Crippen LogP contribution in [0.25, 0.3) is 0 Å². The summed E-state index contributed by atoms with van der Waals surface area (Å²) in [4.78, 5) is 5.66. The van der Waals surface area contributed by atoms with Crippen LogP contribution >= 0.6 is 35.3 Å². The van der Waals surface area contributed by atoms with Crippen LogP contribution in [0.15, 0.2) is 22.5 Å². The number of nitrogens with one attached hydrogen (secondary N) is 3. The van der Waals surface area contributed by atoms with E-state index in [2.05, 4.69) is 20.3 Å². The first-order chi connectivity index (χ1) is 9.72. The van der Waals surface area contributed by atoms with Crippen molar-refractivity contribution < 1.29 is 8.42 Å². The van der Waals surface area contributed by atoms with Gasteiger partial charge in [-0.05, 0) is 32.2 Å². The number of nitrogens with zero attached hydrogens (tertiary/aromatic N) is 1. The van der Waals surface area contributed by atoms with Crippen molar-refractivity contribution in [2.24, 2.45) is 4.99 Å². The average molecular weight is 460 g/mol. The first kappa shape index (κ1) is 21.6. The summed E-state index contributed by atoms with van der Waals surface area (Å²) in [5, 5.41) is 8.33. The molecule has 0 atom stereocenters. The van der Waals surface area contributed by atoms with Crippen LogP contribution < -0.4 is 15.4 Å². The first-order valence-corrected chi connectivity index (χ1v) is 9.52. The summed E-state index contributed by atoms with van der Waals surface area (Å²) in [6.45, 7) is 7.43. The second-order valence-electron chi connectivity index (χ2n) is 5.39. The van der Waals surface area contributed by atoms with Gasteiger partial charge in [0.25, 0.3) is 0 Å². The van der Waals surface area contributed by atoms with Crippen LogP contribution in [0.5, 0.6) is 0 Å². The summed E-state index contributed by atoms with van der Waals surface area (Å²) in [5.41, 5.74) is -0.591. The number of thiophene rings is 1. The fourth-order valence-corrected chi connectivity index (χ4v) is 3.45. The van der Waals surface area contributed by atoms with E-state index in [1.807, 2.05) is 38.3 Å². The molecule has 0 spiro atoms. The lowest BCUT2D eigenvalue weighted by Gasteiger charge is -2.26. The Kier molecular flexibility index (Phi) is 9.51. The number of hydrogen-bond acceptors (Lipinski definition) is 4. The van der Waals surface area contributed by atoms with Gasteiger partial charge < -0.3 is 10.6 Å². The second kappa shape index (κ2) is 9.68. The molecule has 0 fully saturated rings. The summed E-state index contributed by atoms with van der Waals surface area (Å²) in [7, 11) is -3.24. The molecule has 0 unspecified atom stereocenters. The summed E-state index contributed by atoms with van der Waals surface area (Å²) >= 11 is 1.66. The third-order valence-electron chi connectivity index (χ3n) is 2.48. The molecule has 22 heavy (non-hydrogen) atoms. The van der Waals surface area contributed by atoms with Gasteiger partial charge in [-0.1, -0.05) is 6.07 Å². The number of aliphatic imine (C=N–C) groups is 1. The smallest absolute Gasteiger partial charge is 0.209 e. The fraction of sp³-hybridized carbons (Fsp3) is 0.615. The third-order valence-corrected chi connectivity index (χ3v) is 4.26. The number of guanidine groups is 1. The lowest BCUT2D eigenvalue weighted by Crippen LogP contribution is -2.53. The molecule has 0 radical (unpaired) electrons. The Bertz CT molecular complexity index is 557. The van der Waals surface area contributed by atoms with Crippen LogP contribution in [0.2, 0.25) is 0 Å². The molecule has 0 saturated heterocycles. The van der Waals surface area contributed by atoms with Gasteiger partial charge >= 0.3 is 0 Å². The van der Waals surface area contributed by atoms with Gasteiger partial charge in [-0.25, -0.2) is 18.1 Å². The largest absolute Gasteiger partial charge is 0.357 e. The highest BCUT2D eigenvalue weighted by Gasteiger charge is 2.22. The maximum Gasteiger partial charge on any atom is 0.209 e. The van der Waals surface area contributed by atoms with Gasteiger partial charge in [-0.2, -0.15) is 0 Å². The Labute approximate surface area is 154 Å². The highest BCUT2D eigenvalue weighted by Crippen LogP contribution is 2.09. The molecule has 128 valence electrons. The van der Waals surface area contributed by atoms with Crippen molar-refractivity contribution in [3.8, 4) is 0 Å². The topological polar surface area (TPSA) is 82.6 Å². The van der Waals surface area contributed by atoms with E-state index in [-0.39, 0.29) is 24.0 Å². The monoisotopic (exact) mass is 460 g/mol. The van der Waals surface area contributed by atoms with Crippen molar-refractivity contribution in [1.29, 1.82) is 0 Å². The van der Waals surface area contributed by atoms with Crippen molar-refractivity contribution in [2.75, 3.05) is 19.3 Å². The molecule has 6 nitrogen and oxygen atoms in total. The Morgan fingerprint density at radius 3 is 2.55 bits per heavy atom. The van der Waals surface area contributed by atoms with Crippen molar-refractivity contribution in [1.82, 2.24) is 15.4 Å². The normalized spacial score (nSPS) is 12.6. The first-order valence-electron chi connectivity index (χ1n) is 6.75. The summed E-state index contributed by atoms with van der Waals surface area (Å²) < 4.78 is 25.2. The molecule has 0 aromatic carbocycles. The molecular formula is C13H25IN4O2S2. The van der Waals surface area contributed by atoms with Crippen molar-refractivity contribution >= 4 is 51.3 Å². The fourth-order valence-electron chi connectivity index (χ4n) is 1.74. The van der Waals surface area contributed by atoms with Crippen molar-refractivity contribution in [2.45, 2.75) is 32.9 Å². The summed E-state index contributed by atoms with van der Waals surface area (Å²) in [6.07, 6.45) is 1.16. The highest BCUT2D eigenvalue weighted by atomic mass is 127. The van der Waals surface area contributed by atoms with Gasteiger partial charge in [0.15, 0.2) is 5.96 Å². The van der Waals surface area contributed by atoms with Crippen LogP contribution in [0.3, 0.4) is 0 Å². The van der Waals surface area contributed by atoms with Gasteiger partial charge in [-0.3, -0.25) is 0 Å². The quantitative estimate of drug-likeness (QED) is 0.329. The van der Waals surface area contributed by atoms with E-state index >= 15 is 0 Å². The Morgan fingerprint density at radius 2 is 2.05 bits per heavy atom. The van der Waals surface area contributed by atoms with E-state index in [0.29, 0.717) is 19.0 Å². The molecule has 0 aliphatic carbocycles. The predicted molar refractivity (Wildman–Crippen MR) is 105 cm³/mol. The molecule has 0 bridgehead atoms. The zero-order chi connectivity index (χ0) is 15.9. The van der Waals surface area contributed by atoms with Crippen LogP contribution in [0.4, 0.5) is 0 Å². The molecule has 1 aromatic heterocycles. The zero-order valence-corrected chi connectivity index (χ0v) is 17.3. The number of rotatable bonds is 7. The van der Waals surface area contributed by atoms with Gasteiger partial charge in [0, 0.05) is 23.5 Å². The molecule has 0 saturated carbocycles. The highest BCUT2D eigenvalue weighted by molar-refractivity contribution is 14.0. The van der Waals surface area contributed by atoms with Crippen LogP contribution in [0.1, 0.15) is 25.6 Å². The van der Waals surface area contributed by atoms with Crippen LogP contribution in [-0.4, -0.2) is 39.3 Å². The maximum absolute atomic E-state index is 11.3. The number of hydrogen-bond donors (Lipinski definition) is 3. The molecule has 1 rings (SSSR count). The lowest BCUT2D eigenvalue weighted by atomic mass is 10.1. The van der Waals surface area contributed by atoms with E-state index < -0.39 is 15.6 Å². The third kappa shape index (κ3) is 9.59. The van der Waals surface area contributed by atoms with Crippen LogP contribution in [0, 0.1) is 0 Å².